The van der Waals surface area contributed by atoms with Crippen molar-refractivity contribution >= 4 is 11.9 Å². The van der Waals surface area contributed by atoms with Gasteiger partial charge in [-0.25, -0.2) is 4.79 Å². The molecule has 1 aromatic carbocycles. The quantitative estimate of drug-likeness (QED) is 0.385. The van der Waals surface area contributed by atoms with Gasteiger partial charge in [-0.15, -0.1) is 0 Å². The molecule has 0 saturated carbocycles. The molecule has 0 unspecified atom stereocenters. The zero-order valence-electron chi connectivity index (χ0n) is 20.4. The van der Waals surface area contributed by atoms with Crippen molar-refractivity contribution in [1.82, 2.24) is 14.8 Å². The Morgan fingerprint density at radius 2 is 1.65 bits per heavy atom. The van der Waals surface area contributed by atoms with Crippen molar-refractivity contribution in [3.8, 4) is 11.5 Å². The number of imide groups is 1. The number of nitrogens with zero attached hydrogens (tertiary/aromatic N) is 3. The molecule has 0 radical (unpaired) electrons. The first kappa shape index (κ1) is 28.2. The lowest BCUT2D eigenvalue weighted by molar-refractivity contribution is -0.376. The van der Waals surface area contributed by atoms with E-state index in [0.29, 0.717) is 18.6 Å². The van der Waals surface area contributed by atoms with Crippen molar-refractivity contribution in [3.63, 3.8) is 0 Å². The number of aryl methyl sites for hydroxylation is 1. The number of hydrogen-bond donors (Lipinski definition) is 1. The second-order valence-corrected chi connectivity index (χ2v) is 9.16. The fourth-order valence-corrected chi connectivity index (χ4v) is 3.87. The lowest BCUT2D eigenvalue weighted by Gasteiger charge is -2.33. The minimum atomic E-state index is -6.01. The molecule has 3 amide bonds. The molecule has 1 N–H and O–H groups in total. The fourth-order valence-electron chi connectivity index (χ4n) is 3.87. The van der Waals surface area contributed by atoms with Crippen molar-refractivity contribution in [1.29, 1.82) is 0 Å². The smallest absolute Gasteiger partial charge is 0.430 e. The summed E-state index contributed by atoms with van der Waals surface area (Å²) in [5.74, 6) is -0.330. The van der Waals surface area contributed by atoms with Gasteiger partial charge >= 0.3 is 18.4 Å². The summed E-state index contributed by atoms with van der Waals surface area (Å²) >= 11 is 0. The number of ether oxygens (including phenoxy) is 1. The van der Waals surface area contributed by atoms with E-state index < -0.39 is 41.0 Å². The summed E-state index contributed by atoms with van der Waals surface area (Å²) in [6.07, 6.45) is -10.3. The fraction of sp³-hybridized carbons (Fsp3) is 0.458. The van der Waals surface area contributed by atoms with Crippen molar-refractivity contribution in [2.75, 3.05) is 7.05 Å². The standard InChI is InChI=1S/C24H25F6N3O4/c1-5-6-14-11-15(22(36,23(25,26)27)24(28,29)30)7-8-18(14)37-17-9-10-31-16(12-17)13-33-19(34)21(2,3)32(4)20(33)35/h7-12,36H,5-6,13H2,1-4H3. The Balaban J connectivity index is 1.92. The molecule has 0 atom stereocenters. The lowest BCUT2D eigenvalue weighted by Crippen LogP contribution is -2.53. The lowest BCUT2D eigenvalue weighted by atomic mass is 9.90. The highest BCUT2D eigenvalue weighted by Crippen LogP contribution is 2.50. The molecule has 1 aromatic heterocycles. The summed E-state index contributed by atoms with van der Waals surface area (Å²) in [5.41, 5.74) is -7.20. The number of urea groups is 1. The van der Waals surface area contributed by atoms with Crippen molar-refractivity contribution in [2.45, 2.75) is 63.7 Å². The number of pyridine rings is 1. The second-order valence-electron chi connectivity index (χ2n) is 9.16. The average Bonchev–Trinajstić information content (AvgIpc) is 2.93. The zero-order valence-corrected chi connectivity index (χ0v) is 20.4. The molecule has 3 rings (SSSR count). The summed E-state index contributed by atoms with van der Waals surface area (Å²) in [5, 5.41) is 9.74. The maximum Gasteiger partial charge on any atom is 0.430 e. The third kappa shape index (κ3) is 4.96. The number of hydrogen-bond acceptors (Lipinski definition) is 5. The van der Waals surface area contributed by atoms with Crippen molar-refractivity contribution in [3.05, 3.63) is 53.3 Å². The number of aromatic nitrogens is 1. The number of halogens is 6. The summed E-state index contributed by atoms with van der Waals surface area (Å²) in [7, 11) is 1.49. The number of carbonyl (C=O) groups excluding carboxylic acids is 2. The van der Waals surface area contributed by atoms with E-state index in [4.69, 9.17) is 4.74 Å². The Morgan fingerprint density at radius 3 is 2.16 bits per heavy atom. The molecule has 1 saturated heterocycles. The minimum absolute atomic E-state index is 0.0126. The largest absolute Gasteiger partial charge is 0.457 e. The predicted molar refractivity (Wildman–Crippen MR) is 119 cm³/mol. The van der Waals surface area contributed by atoms with E-state index in [0.717, 1.165) is 11.0 Å². The van der Waals surface area contributed by atoms with Gasteiger partial charge in [-0.1, -0.05) is 19.4 Å². The first-order valence-corrected chi connectivity index (χ1v) is 11.2. The summed E-state index contributed by atoms with van der Waals surface area (Å²) in [4.78, 5) is 31.5. The maximum absolute atomic E-state index is 13.3. The Bertz CT molecular complexity index is 1180. The molecule has 0 bridgehead atoms. The highest BCUT2D eigenvalue weighted by atomic mass is 19.4. The van der Waals surface area contributed by atoms with Crippen LogP contribution in [0.2, 0.25) is 0 Å². The highest BCUT2D eigenvalue weighted by molar-refractivity contribution is 6.06. The van der Waals surface area contributed by atoms with Crippen LogP contribution >= 0.6 is 0 Å². The number of aliphatic hydroxyl groups is 1. The summed E-state index contributed by atoms with van der Waals surface area (Å²) in [6.45, 7) is 4.69. The topological polar surface area (TPSA) is 83.0 Å². The molecule has 0 aliphatic carbocycles. The molecule has 2 aromatic rings. The zero-order chi connectivity index (χ0) is 28.0. The molecule has 0 spiro atoms. The van der Waals surface area contributed by atoms with Gasteiger partial charge in [0.15, 0.2) is 0 Å². The normalized spacial score (nSPS) is 16.5. The van der Waals surface area contributed by atoms with Gasteiger partial charge in [-0.05, 0) is 44.0 Å². The van der Waals surface area contributed by atoms with Gasteiger partial charge in [-0.2, -0.15) is 26.3 Å². The number of benzene rings is 1. The number of likely N-dealkylation sites (N-methyl/N-ethyl adjacent to an activating group) is 1. The third-order valence-corrected chi connectivity index (χ3v) is 6.28. The van der Waals surface area contributed by atoms with Gasteiger partial charge in [0, 0.05) is 24.9 Å². The molecule has 13 heteroatoms. The van der Waals surface area contributed by atoms with Crippen LogP contribution in [0.1, 0.15) is 44.0 Å². The summed E-state index contributed by atoms with van der Waals surface area (Å²) in [6, 6.07) is 4.34. The van der Waals surface area contributed by atoms with E-state index in [1.165, 1.54) is 30.3 Å². The number of carbonyl (C=O) groups is 2. The predicted octanol–water partition coefficient (Wildman–Crippen LogP) is 5.31. The van der Waals surface area contributed by atoms with Crippen LogP contribution in [-0.2, 0) is 23.4 Å². The maximum atomic E-state index is 13.3. The van der Waals surface area contributed by atoms with E-state index in [1.54, 1.807) is 20.8 Å². The van der Waals surface area contributed by atoms with Crippen molar-refractivity contribution < 1.29 is 45.8 Å². The first-order valence-electron chi connectivity index (χ1n) is 11.2. The molecule has 1 fully saturated rings. The van der Waals surface area contributed by atoms with Crippen LogP contribution in [0.25, 0.3) is 0 Å². The summed E-state index contributed by atoms with van der Waals surface area (Å²) < 4.78 is 85.7. The Kier molecular flexibility index (Phi) is 7.25. The minimum Gasteiger partial charge on any atom is -0.457 e. The number of alkyl halides is 6. The molecular formula is C24H25F6N3O4. The van der Waals surface area contributed by atoms with Gasteiger partial charge in [0.25, 0.3) is 11.5 Å². The number of rotatable bonds is 7. The highest BCUT2D eigenvalue weighted by Gasteiger charge is 2.71. The van der Waals surface area contributed by atoms with Gasteiger partial charge in [-0.3, -0.25) is 14.7 Å². The first-order chi connectivity index (χ1) is 16.9. The van der Waals surface area contributed by atoms with Crippen LogP contribution in [0.15, 0.2) is 36.5 Å². The van der Waals surface area contributed by atoms with Gasteiger partial charge in [0.1, 0.15) is 17.0 Å². The molecule has 202 valence electrons. The molecular weight excluding hydrogens is 508 g/mol. The van der Waals surface area contributed by atoms with Crippen LogP contribution in [0.5, 0.6) is 11.5 Å². The Morgan fingerprint density at radius 1 is 1.03 bits per heavy atom. The van der Waals surface area contributed by atoms with Crippen molar-refractivity contribution in [2.24, 2.45) is 0 Å². The molecule has 7 nitrogen and oxygen atoms in total. The molecule has 2 heterocycles. The van der Waals surface area contributed by atoms with Gasteiger partial charge < -0.3 is 14.7 Å². The monoisotopic (exact) mass is 533 g/mol. The molecule has 37 heavy (non-hydrogen) atoms. The van der Waals surface area contributed by atoms with Gasteiger partial charge in [0.05, 0.1) is 12.2 Å². The third-order valence-electron chi connectivity index (χ3n) is 6.28. The van der Waals surface area contributed by atoms with E-state index in [1.807, 2.05) is 0 Å². The van der Waals surface area contributed by atoms with E-state index >= 15 is 0 Å². The Hall–Kier alpha value is -3.35. The Labute approximate surface area is 208 Å². The van der Waals surface area contributed by atoms with Gasteiger partial charge in [0.2, 0.25) is 0 Å². The van der Waals surface area contributed by atoms with Crippen LogP contribution < -0.4 is 4.74 Å². The second kappa shape index (κ2) is 9.51. The molecule has 1 aliphatic heterocycles. The van der Waals surface area contributed by atoms with E-state index in [2.05, 4.69) is 4.98 Å². The van der Waals surface area contributed by atoms with Crippen LogP contribution in [0.3, 0.4) is 0 Å². The number of amides is 3. The SMILES string of the molecule is CCCc1cc(C(O)(C(F)(F)F)C(F)(F)F)ccc1Oc1ccnc(CN2C(=O)N(C)C(C)(C)C2=O)c1. The van der Waals surface area contributed by atoms with E-state index in [-0.39, 0.29) is 35.7 Å². The average molecular weight is 533 g/mol. The molecule has 1 aliphatic rings. The van der Waals surface area contributed by atoms with Crippen LogP contribution in [-0.4, -0.2) is 56.8 Å². The van der Waals surface area contributed by atoms with Crippen LogP contribution in [0.4, 0.5) is 31.1 Å². The van der Waals surface area contributed by atoms with Crippen LogP contribution in [0, 0.1) is 0 Å². The van der Waals surface area contributed by atoms with E-state index in [9.17, 15) is 41.0 Å².